The molecule has 2 N–H and O–H groups in total. The summed E-state index contributed by atoms with van der Waals surface area (Å²) in [7, 11) is 3.95. The van der Waals surface area contributed by atoms with Crippen molar-refractivity contribution < 1.29 is 9.47 Å². The molecule has 0 aromatic rings. The average molecular weight is 258 g/mol. The first-order valence-electron chi connectivity index (χ1n) is 7.20. The van der Waals surface area contributed by atoms with Gasteiger partial charge >= 0.3 is 0 Å². The summed E-state index contributed by atoms with van der Waals surface area (Å²) in [5.41, 5.74) is 6.20. The fraction of sp³-hybridized carbons (Fsp3) is 1.00. The van der Waals surface area contributed by atoms with E-state index in [0.717, 1.165) is 52.0 Å². The quantitative estimate of drug-likeness (QED) is 0.672. The van der Waals surface area contributed by atoms with E-state index in [-0.39, 0.29) is 5.54 Å². The minimum atomic E-state index is 0.131. The molecule has 1 aliphatic heterocycles. The van der Waals surface area contributed by atoms with Crippen LogP contribution in [0.25, 0.3) is 0 Å². The van der Waals surface area contributed by atoms with Crippen LogP contribution >= 0.6 is 0 Å². The molecule has 1 aliphatic rings. The maximum absolute atomic E-state index is 6.07. The number of hydrogen-bond donors (Lipinski definition) is 1. The molecule has 0 bridgehead atoms. The van der Waals surface area contributed by atoms with E-state index < -0.39 is 0 Å². The van der Waals surface area contributed by atoms with Crippen molar-refractivity contribution >= 4 is 0 Å². The molecule has 0 spiro atoms. The van der Waals surface area contributed by atoms with Crippen molar-refractivity contribution in [3.8, 4) is 0 Å². The van der Waals surface area contributed by atoms with Crippen LogP contribution in [-0.4, -0.2) is 57.0 Å². The third-order valence-corrected chi connectivity index (χ3v) is 4.17. The molecule has 2 atom stereocenters. The molecule has 18 heavy (non-hydrogen) atoms. The lowest BCUT2D eigenvalue weighted by Crippen LogP contribution is -2.57. The first-order valence-corrected chi connectivity index (χ1v) is 7.20. The molecule has 4 heteroatoms. The zero-order valence-electron chi connectivity index (χ0n) is 12.3. The molecule has 4 nitrogen and oxygen atoms in total. The number of methoxy groups -OCH3 is 1. The van der Waals surface area contributed by atoms with Gasteiger partial charge in [-0.15, -0.1) is 0 Å². The Morgan fingerprint density at radius 3 is 2.89 bits per heavy atom. The molecule has 108 valence electrons. The fourth-order valence-electron chi connectivity index (χ4n) is 2.88. The van der Waals surface area contributed by atoms with E-state index in [1.54, 1.807) is 7.11 Å². The molecular formula is C14H30N2O2. The van der Waals surface area contributed by atoms with Gasteiger partial charge in [-0.3, -0.25) is 4.90 Å². The van der Waals surface area contributed by atoms with Gasteiger partial charge in [0.25, 0.3) is 0 Å². The summed E-state index contributed by atoms with van der Waals surface area (Å²) in [5.74, 6) is 0. The van der Waals surface area contributed by atoms with Gasteiger partial charge in [0.15, 0.2) is 0 Å². The van der Waals surface area contributed by atoms with Crippen LogP contribution in [0.1, 0.15) is 39.0 Å². The van der Waals surface area contributed by atoms with Crippen molar-refractivity contribution in [1.82, 2.24) is 4.90 Å². The Morgan fingerprint density at radius 1 is 1.50 bits per heavy atom. The Balaban J connectivity index is 2.53. The molecule has 0 aliphatic carbocycles. The first kappa shape index (κ1) is 15.9. The molecule has 1 rings (SSSR count). The number of nitrogens with two attached hydrogens (primary N) is 1. The van der Waals surface area contributed by atoms with Crippen LogP contribution in [0.5, 0.6) is 0 Å². The van der Waals surface area contributed by atoms with Crippen LogP contribution in [0, 0.1) is 0 Å². The van der Waals surface area contributed by atoms with Crippen molar-refractivity contribution in [1.29, 1.82) is 0 Å². The van der Waals surface area contributed by atoms with Gasteiger partial charge in [-0.05, 0) is 32.7 Å². The van der Waals surface area contributed by atoms with E-state index in [9.17, 15) is 0 Å². The number of nitrogens with zero attached hydrogens (tertiary/aromatic N) is 1. The smallest absolute Gasteiger partial charge is 0.0593 e. The minimum absolute atomic E-state index is 0.131. The van der Waals surface area contributed by atoms with Gasteiger partial charge in [-0.25, -0.2) is 0 Å². The summed E-state index contributed by atoms with van der Waals surface area (Å²) in [6.07, 6.45) is 5.89. The zero-order chi connectivity index (χ0) is 13.4. The van der Waals surface area contributed by atoms with Crippen LogP contribution in [0.15, 0.2) is 0 Å². The average Bonchev–Trinajstić information content (AvgIpc) is 2.39. The predicted octanol–water partition coefficient (Wildman–Crippen LogP) is 1.63. The Labute approximate surface area is 112 Å². The summed E-state index contributed by atoms with van der Waals surface area (Å²) in [5, 5.41) is 0. The van der Waals surface area contributed by atoms with E-state index >= 15 is 0 Å². The Bertz CT molecular complexity index is 224. The van der Waals surface area contributed by atoms with E-state index in [0.29, 0.717) is 6.10 Å². The van der Waals surface area contributed by atoms with Gasteiger partial charge in [-0.2, -0.15) is 0 Å². The van der Waals surface area contributed by atoms with Gasteiger partial charge in [0.05, 0.1) is 6.10 Å². The Morgan fingerprint density at radius 2 is 2.28 bits per heavy atom. The lowest BCUT2D eigenvalue weighted by atomic mass is 9.84. The van der Waals surface area contributed by atoms with Gasteiger partial charge in [0.2, 0.25) is 0 Å². The van der Waals surface area contributed by atoms with E-state index in [1.807, 2.05) is 0 Å². The summed E-state index contributed by atoms with van der Waals surface area (Å²) in [6, 6.07) is 0. The monoisotopic (exact) mass is 258 g/mol. The fourth-order valence-corrected chi connectivity index (χ4v) is 2.88. The minimum Gasteiger partial charge on any atom is -0.385 e. The van der Waals surface area contributed by atoms with Crippen LogP contribution in [0.2, 0.25) is 0 Å². The number of ether oxygens (including phenoxy) is 2. The van der Waals surface area contributed by atoms with E-state index in [2.05, 4.69) is 18.9 Å². The molecule has 0 saturated carbocycles. The third kappa shape index (κ3) is 4.19. The second kappa shape index (κ2) is 8.10. The third-order valence-electron chi connectivity index (χ3n) is 4.17. The number of hydrogen-bond acceptors (Lipinski definition) is 4. The van der Waals surface area contributed by atoms with Gasteiger partial charge in [-0.1, -0.05) is 13.3 Å². The molecule has 0 radical (unpaired) electrons. The lowest BCUT2D eigenvalue weighted by molar-refractivity contribution is -0.0678. The van der Waals surface area contributed by atoms with Crippen LogP contribution in [0.3, 0.4) is 0 Å². The van der Waals surface area contributed by atoms with E-state index in [4.69, 9.17) is 15.2 Å². The highest BCUT2D eigenvalue weighted by Gasteiger charge is 2.38. The normalized spacial score (nSPS) is 28.8. The molecule has 1 heterocycles. The largest absolute Gasteiger partial charge is 0.385 e. The van der Waals surface area contributed by atoms with Crippen LogP contribution < -0.4 is 5.73 Å². The maximum Gasteiger partial charge on any atom is 0.0593 e. The predicted molar refractivity (Wildman–Crippen MR) is 74.8 cm³/mol. The molecule has 0 aromatic carbocycles. The van der Waals surface area contributed by atoms with Crippen molar-refractivity contribution in [2.45, 2.75) is 50.7 Å². The van der Waals surface area contributed by atoms with Gasteiger partial charge in [0, 0.05) is 39.0 Å². The molecule has 0 amide bonds. The van der Waals surface area contributed by atoms with Crippen molar-refractivity contribution in [2.24, 2.45) is 5.73 Å². The summed E-state index contributed by atoms with van der Waals surface area (Å²) in [4.78, 5) is 2.43. The van der Waals surface area contributed by atoms with E-state index in [1.165, 1.54) is 6.42 Å². The summed E-state index contributed by atoms with van der Waals surface area (Å²) >= 11 is 0. The van der Waals surface area contributed by atoms with Crippen LogP contribution in [-0.2, 0) is 9.47 Å². The van der Waals surface area contributed by atoms with Crippen molar-refractivity contribution in [2.75, 3.05) is 40.5 Å². The standard InChI is InChI=1S/C14H30N2O2/c1-4-6-13-11-14(12-15,7-10-18-13)16(2)8-5-9-17-3/h13H,4-12,15H2,1-3H3. The van der Waals surface area contributed by atoms with Gasteiger partial charge in [0.1, 0.15) is 0 Å². The molecule has 1 fully saturated rings. The second-order valence-corrected chi connectivity index (χ2v) is 5.43. The zero-order valence-corrected chi connectivity index (χ0v) is 12.3. The highest BCUT2D eigenvalue weighted by molar-refractivity contribution is 4.95. The maximum atomic E-state index is 6.07. The lowest BCUT2D eigenvalue weighted by Gasteiger charge is -2.46. The number of likely N-dealkylation sites (N-methyl/N-ethyl adjacent to an activating group) is 1. The highest BCUT2D eigenvalue weighted by atomic mass is 16.5. The van der Waals surface area contributed by atoms with Crippen molar-refractivity contribution in [3.05, 3.63) is 0 Å². The molecule has 0 aromatic heterocycles. The molecule has 2 unspecified atom stereocenters. The summed E-state index contributed by atoms with van der Waals surface area (Å²) < 4.78 is 11.0. The Kier molecular flexibility index (Phi) is 7.15. The second-order valence-electron chi connectivity index (χ2n) is 5.43. The van der Waals surface area contributed by atoms with Crippen LogP contribution in [0.4, 0.5) is 0 Å². The summed E-state index contributed by atoms with van der Waals surface area (Å²) in [6.45, 7) is 5.64. The molecule has 1 saturated heterocycles. The molecular weight excluding hydrogens is 228 g/mol. The van der Waals surface area contributed by atoms with Crippen molar-refractivity contribution in [3.63, 3.8) is 0 Å². The highest BCUT2D eigenvalue weighted by Crippen LogP contribution is 2.31. The first-order chi connectivity index (χ1) is 8.68. The Hall–Kier alpha value is -0.160. The topological polar surface area (TPSA) is 47.7 Å². The number of rotatable bonds is 8. The SMILES string of the molecule is CCCC1CC(CN)(N(C)CCCOC)CCO1. The van der Waals surface area contributed by atoms with Gasteiger partial charge < -0.3 is 15.2 Å².